The van der Waals surface area contributed by atoms with Gasteiger partial charge in [-0.25, -0.2) is 0 Å². The SMILES string of the molecule is C=CCO[C@H]1[C@@H](OC(C)=O)O[C@H](COC(C)=O)[C@@H](OC(C)=O)[C@@H]1OCc1ccccc1. The summed E-state index contributed by atoms with van der Waals surface area (Å²) in [5.74, 6) is -1.72. The maximum Gasteiger partial charge on any atom is 0.305 e. The van der Waals surface area contributed by atoms with Gasteiger partial charge in [0.05, 0.1) is 13.2 Å². The van der Waals surface area contributed by atoms with Crippen LogP contribution >= 0.6 is 0 Å². The number of carbonyl (C=O) groups is 3. The fourth-order valence-corrected chi connectivity index (χ4v) is 3.12. The molecule has 1 fully saturated rings. The Morgan fingerprint density at radius 2 is 1.61 bits per heavy atom. The fraction of sp³-hybridized carbons (Fsp3) is 0.500. The van der Waals surface area contributed by atoms with Gasteiger partial charge >= 0.3 is 17.9 Å². The van der Waals surface area contributed by atoms with Crippen molar-refractivity contribution in [2.75, 3.05) is 13.2 Å². The second kappa shape index (κ2) is 12.2. The minimum absolute atomic E-state index is 0.110. The van der Waals surface area contributed by atoms with Crippen molar-refractivity contribution in [1.29, 1.82) is 0 Å². The molecule has 9 heteroatoms. The molecular formula is C22H28O9. The normalized spacial score (nSPS) is 25.3. The highest BCUT2D eigenvalue weighted by atomic mass is 16.7. The minimum atomic E-state index is -1.18. The first kappa shape index (κ1) is 24.5. The molecule has 0 saturated carbocycles. The topological polar surface area (TPSA) is 107 Å². The maximum absolute atomic E-state index is 11.8. The highest BCUT2D eigenvalue weighted by molar-refractivity contribution is 5.67. The molecule has 0 radical (unpaired) electrons. The molecular weight excluding hydrogens is 408 g/mol. The molecule has 2 rings (SSSR count). The van der Waals surface area contributed by atoms with Gasteiger partial charge in [-0.1, -0.05) is 36.4 Å². The quantitative estimate of drug-likeness (QED) is 0.309. The van der Waals surface area contributed by atoms with E-state index in [2.05, 4.69) is 6.58 Å². The van der Waals surface area contributed by atoms with Crippen molar-refractivity contribution >= 4 is 17.9 Å². The van der Waals surface area contributed by atoms with Crippen LogP contribution in [0.5, 0.6) is 0 Å². The van der Waals surface area contributed by atoms with Gasteiger partial charge in [0.2, 0.25) is 6.29 Å². The highest BCUT2D eigenvalue weighted by Crippen LogP contribution is 2.30. The van der Waals surface area contributed by atoms with Gasteiger partial charge in [-0.15, -0.1) is 6.58 Å². The first-order valence-corrected chi connectivity index (χ1v) is 9.83. The van der Waals surface area contributed by atoms with E-state index in [1.807, 2.05) is 30.3 Å². The van der Waals surface area contributed by atoms with E-state index in [-0.39, 0.29) is 19.8 Å². The monoisotopic (exact) mass is 436 g/mol. The van der Waals surface area contributed by atoms with Crippen molar-refractivity contribution in [3.8, 4) is 0 Å². The third-order valence-electron chi connectivity index (χ3n) is 4.32. The molecule has 1 heterocycles. The Morgan fingerprint density at radius 1 is 0.935 bits per heavy atom. The Labute approximate surface area is 181 Å². The molecule has 0 spiro atoms. The summed E-state index contributed by atoms with van der Waals surface area (Å²) in [5.41, 5.74) is 0.874. The van der Waals surface area contributed by atoms with E-state index in [4.69, 9.17) is 28.4 Å². The van der Waals surface area contributed by atoms with Crippen LogP contribution in [0.2, 0.25) is 0 Å². The van der Waals surface area contributed by atoms with Crippen molar-refractivity contribution in [2.45, 2.75) is 58.1 Å². The Morgan fingerprint density at radius 3 is 2.19 bits per heavy atom. The van der Waals surface area contributed by atoms with E-state index in [1.165, 1.54) is 26.8 Å². The van der Waals surface area contributed by atoms with Crippen LogP contribution in [0.25, 0.3) is 0 Å². The summed E-state index contributed by atoms with van der Waals surface area (Å²) in [7, 11) is 0. The van der Waals surface area contributed by atoms with E-state index in [1.54, 1.807) is 0 Å². The molecule has 1 aromatic carbocycles. The van der Waals surface area contributed by atoms with Gasteiger partial charge in [0, 0.05) is 20.8 Å². The second-order valence-corrected chi connectivity index (χ2v) is 6.88. The van der Waals surface area contributed by atoms with Crippen molar-refractivity contribution in [1.82, 2.24) is 0 Å². The van der Waals surface area contributed by atoms with Crippen LogP contribution in [0.15, 0.2) is 43.0 Å². The van der Waals surface area contributed by atoms with Gasteiger partial charge < -0.3 is 28.4 Å². The van der Waals surface area contributed by atoms with Crippen molar-refractivity contribution in [2.24, 2.45) is 0 Å². The standard InChI is InChI=1S/C22H28O9/c1-5-11-26-21-20(28-12-17-9-7-6-8-10-17)19(29-15(3)24)18(13-27-14(2)23)31-22(21)30-16(4)25/h5-10,18-22H,1,11-13H2,2-4H3/t18-,19-,20+,21-,22+/m1/s1. The van der Waals surface area contributed by atoms with E-state index >= 15 is 0 Å². The number of carbonyl (C=O) groups excluding carboxylic acids is 3. The third kappa shape index (κ3) is 7.78. The average Bonchev–Trinajstić information content (AvgIpc) is 2.71. The lowest BCUT2D eigenvalue weighted by Gasteiger charge is -2.44. The van der Waals surface area contributed by atoms with Gasteiger partial charge in [-0.3, -0.25) is 14.4 Å². The molecule has 0 aromatic heterocycles. The fourth-order valence-electron chi connectivity index (χ4n) is 3.12. The summed E-state index contributed by atoms with van der Waals surface area (Å²) in [4.78, 5) is 34.8. The van der Waals surface area contributed by atoms with Crippen molar-refractivity contribution < 1.29 is 42.8 Å². The number of esters is 3. The molecule has 0 unspecified atom stereocenters. The Kier molecular flexibility index (Phi) is 9.64. The second-order valence-electron chi connectivity index (χ2n) is 6.88. The van der Waals surface area contributed by atoms with Gasteiger partial charge in [-0.05, 0) is 5.56 Å². The molecule has 0 bridgehead atoms. The summed E-state index contributed by atoms with van der Waals surface area (Å²) in [6, 6.07) is 9.35. The van der Waals surface area contributed by atoms with Crippen molar-refractivity contribution in [3.05, 3.63) is 48.6 Å². The molecule has 1 aliphatic rings. The lowest BCUT2D eigenvalue weighted by molar-refractivity contribution is -0.309. The zero-order valence-corrected chi connectivity index (χ0v) is 17.9. The van der Waals surface area contributed by atoms with Crippen molar-refractivity contribution in [3.63, 3.8) is 0 Å². The van der Waals surface area contributed by atoms with E-state index in [9.17, 15) is 14.4 Å². The maximum atomic E-state index is 11.8. The van der Waals surface area contributed by atoms with Crippen LogP contribution in [0.1, 0.15) is 26.3 Å². The molecule has 0 amide bonds. The van der Waals surface area contributed by atoms with E-state index < -0.39 is 48.6 Å². The number of ether oxygens (including phenoxy) is 6. The van der Waals surface area contributed by atoms with Crippen LogP contribution in [0, 0.1) is 0 Å². The molecule has 170 valence electrons. The van der Waals surface area contributed by atoms with Crippen LogP contribution in [0.4, 0.5) is 0 Å². The van der Waals surface area contributed by atoms with Gasteiger partial charge in [0.15, 0.2) is 6.10 Å². The molecule has 1 aromatic rings. The predicted octanol–water partition coefficient (Wildman–Crippen LogP) is 1.93. The predicted molar refractivity (Wildman–Crippen MR) is 108 cm³/mol. The van der Waals surface area contributed by atoms with Crippen LogP contribution < -0.4 is 0 Å². The lowest BCUT2D eigenvalue weighted by Crippen LogP contribution is -2.62. The molecule has 31 heavy (non-hydrogen) atoms. The molecule has 1 aliphatic heterocycles. The minimum Gasteiger partial charge on any atom is -0.463 e. The molecule has 1 saturated heterocycles. The molecule has 0 aliphatic carbocycles. The zero-order chi connectivity index (χ0) is 22.8. The molecule has 0 N–H and O–H groups in total. The lowest BCUT2D eigenvalue weighted by atomic mass is 9.98. The Bertz CT molecular complexity index is 749. The average molecular weight is 436 g/mol. The summed E-state index contributed by atoms with van der Waals surface area (Å²) >= 11 is 0. The Balaban J connectivity index is 2.35. The first-order chi connectivity index (χ1) is 14.8. The van der Waals surface area contributed by atoms with Crippen LogP contribution in [-0.2, 0) is 49.4 Å². The molecule has 9 nitrogen and oxygen atoms in total. The highest BCUT2D eigenvalue weighted by Gasteiger charge is 2.51. The first-order valence-electron chi connectivity index (χ1n) is 9.83. The van der Waals surface area contributed by atoms with E-state index in [0.29, 0.717) is 0 Å². The largest absolute Gasteiger partial charge is 0.463 e. The number of hydrogen-bond acceptors (Lipinski definition) is 9. The zero-order valence-electron chi connectivity index (χ0n) is 17.9. The summed E-state index contributed by atoms with van der Waals surface area (Å²) < 4.78 is 33.5. The van der Waals surface area contributed by atoms with Gasteiger partial charge in [0.1, 0.15) is 24.9 Å². The molecule has 5 atom stereocenters. The Hall–Kier alpha value is -2.75. The van der Waals surface area contributed by atoms with Gasteiger partial charge in [-0.2, -0.15) is 0 Å². The summed E-state index contributed by atoms with van der Waals surface area (Å²) in [6.45, 7) is 7.39. The van der Waals surface area contributed by atoms with E-state index in [0.717, 1.165) is 5.56 Å². The van der Waals surface area contributed by atoms with Crippen LogP contribution in [-0.4, -0.2) is 61.8 Å². The van der Waals surface area contributed by atoms with Crippen LogP contribution in [0.3, 0.4) is 0 Å². The number of benzene rings is 1. The summed E-state index contributed by atoms with van der Waals surface area (Å²) in [5, 5.41) is 0. The smallest absolute Gasteiger partial charge is 0.305 e. The summed E-state index contributed by atoms with van der Waals surface area (Å²) in [6.07, 6.45) is -3.40. The number of hydrogen-bond donors (Lipinski definition) is 0. The van der Waals surface area contributed by atoms with Gasteiger partial charge in [0.25, 0.3) is 0 Å². The number of rotatable bonds is 10. The third-order valence-corrected chi connectivity index (χ3v) is 4.32.